The predicted octanol–water partition coefficient (Wildman–Crippen LogP) is 2.11. The number of hydrogen-bond acceptors (Lipinski definition) is 27. The molecule has 3 unspecified atom stereocenters. The van der Waals surface area contributed by atoms with Crippen LogP contribution in [0.3, 0.4) is 0 Å². The number of amides is 2. The number of benzene rings is 3. The number of carboxylic acids is 2. The van der Waals surface area contributed by atoms with E-state index in [1.54, 1.807) is 48.5 Å². The number of carbonyl (C=O) groups is 10. The second-order valence-electron chi connectivity index (χ2n) is 25.0. The van der Waals surface area contributed by atoms with Crippen LogP contribution < -0.4 is 32.5 Å². The first-order valence-electron chi connectivity index (χ1n) is 31.3. The Kier molecular flexibility index (Phi) is 23.0. The number of nitrogens with two attached hydrogens (primary N) is 1. The van der Waals surface area contributed by atoms with Gasteiger partial charge in [-0.15, -0.1) is 0 Å². The van der Waals surface area contributed by atoms with Crippen LogP contribution in [0.4, 0.5) is 11.6 Å². The summed E-state index contributed by atoms with van der Waals surface area (Å²) in [4.78, 5) is 165. The van der Waals surface area contributed by atoms with Crippen molar-refractivity contribution in [1.29, 1.82) is 0 Å². The van der Waals surface area contributed by atoms with Gasteiger partial charge in [0, 0.05) is 42.5 Å². The van der Waals surface area contributed by atoms with Gasteiger partial charge < -0.3 is 41.4 Å². The molecule has 99 heavy (non-hydrogen) atoms. The molecule has 2 amide bonds. The Labute approximate surface area is 575 Å². The molecule has 13 atom stereocenters. The summed E-state index contributed by atoms with van der Waals surface area (Å²) in [5, 5.41) is 56.5. The van der Waals surface area contributed by atoms with Crippen LogP contribution in [0.2, 0.25) is 0 Å². The van der Waals surface area contributed by atoms with Gasteiger partial charge >= 0.3 is 286 Å². The zero-order valence-electron chi connectivity index (χ0n) is 54.5. The Balaban J connectivity index is 0.889. The quantitative estimate of drug-likeness (QED) is 0.00856. The van der Waals surface area contributed by atoms with Crippen molar-refractivity contribution >= 4 is 118 Å². The van der Waals surface area contributed by atoms with Gasteiger partial charge in [0.05, 0.1) is 24.9 Å². The molecule has 9 rings (SSSR count). The second-order valence-corrected chi connectivity index (χ2v) is 27.6. The Morgan fingerprint density at radius 2 is 1.52 bits per heavy atom. The summed E-state index contributed by atoms with van der Waals surface area (Å²) < 4.78 is 37.3. The van der Waals surface area contributed by atoms with Crippen LogP contribution in [-0.2, 0) is 73.3 Å². The summed E-state index contributed by atoms with van der Waals surface area (Å²) in [6.45, 7) is 8.98. The van der Waals surface area contributed by atoms with Crippen molar-refractivity contribution in [2.24, 2.45) is 16.7 Å². The van der Waals surface area contributed by atoms with Gasteiger partial charge in [-0.1, -0.05) is 39.8 Å². The topological polar surface area (TPSA) is 453 Å². The Morgan fingerprint density at radius 1 is 0.838 bits per heavy atom. The molecule has 5 aromatic rings. The van der Waals surface area contributed by atoms with E-state index in [0.717, 1.165) is 35.4 Å². The third kappa shape index (κ3) is 15.7. The molecule has 0 spiro atoms. The molecule has 3 aromatic carbocycles. The number of hydrogen-bond donors (Lipinski definition) is 10. The number of rotatable bonds is 28. The standard InChI is InChI=1S/C65H73B2N9O21S2/c1-31-41(94-60(90)49(81)47(76-67-66)34-13-9-7-10-14-34)26-65(91)53(96-59(89)36-15-11-8-12-16-36)51-63(6,52(82)50(93-32(2)77)46(31)62(65,4)5)42(25-43-64(51,30-92-43)97-33(3)78)95-45(80)23-24-98-99-29-40(58(87)88)72-44(79)22-21-39(57(85)86)73-55(83)35-17-19-37(20-18-35)69-27-38-28-70-54-48(71-38)56(84)75-61(68)74-54/h7-20,28,39-43,47,49-51,53,66,69,76,81,91H,21-27,29-30H2,1-6H3,(H,72,79)(H,73,83)(H,85,86)(H,87,88)(H3,68,70,74,75,84)/t39?,40?,41-,42-,43+,47-,49+,50+,51?,53-,63+,64-,65+/m0/s1. The van der Waals surface area contributed by atoms with E-state index < -0.39 is 180 Å². The number of carbonyl (C=O) groups excluding carboxylic acids is 8. The van der Waals surface area contributed by atoms with E-state index in [9.17, 15) is 68.4 Å². The smallest absolute Gasteiger partial charge is 0.253 e. The van der Waals surface area contributed by atoms with Gasteiger partial charge in [-0.2, -0.15) is 4.98 Å². The van der Waals surface area contributed by atoms with E-state index in [0.29, 0.717) is 16.9 Å². The zero-order valence-corrected chi connectivity index (χ0v) is 56.2. The van der Waals surface area contributed by atoms with Crippen LogP contribution in [0, 0.1) is 16.7 Å². The van der Waals surface area contributed by atoms with Gasteiger partial charge in [0.25, 0.3) is 11.5 Å². The summed E-state index contributed by atoms with van der Waals surface area (Å²) >= 11 is 0. The minimum atomic E-state index is -2.53. The number of fused-ring (bicyclic) bond motifs is 6. The number of aromatic amines is 1. The number of aliphatic carboxylic acids is 2. The number of aromatic nitrogens is 4. The number of aliphatic hydroxyl groups excluding tert-OH is 1. The molecular formula is C65H73B2N9O21S2. The van der Waals surface area contributed by atoms with Crippen LogP contribution in [-0.4, -0.2) is 192 Å². The summed E-state index contributed by atoms with van der Waals surface area (Å²) in [5.74, 6) is -12.7. The molecule has 1 saturated heterocycles. The Hall–Kier alpha value is -9.37. The van der Waals surface area contributed by atoms with E-state index in [4.69, 9.17) is 34.2 Å². The molecule has 3 aliphatic carbocycles. The number of Topliss-reactive ketones (excluding diaryl/α,β-unsaturated/α-hetero) is 1. The third-order valence-corrected chi connectivity index (χ3v) is 20.8. The number of nitrogen functional groups attached to an aromatic ring is 1. The molecule has 0 radical (unpaired) electrons. The number of anilines is 2. The number of nitrogens with zero attached hydrogens (tertiary/aromatic N) is 3. The average molecular weight is 1400 g/mol. The fourth-order valence-electron chi connectivity index (χ4n) is 13.4. The van der Waals surface area contributed by atoms with Crippen molar-refractivity contribution < 1.29 is 96.8 Å². The van der Waals surface area contributed by atoms with Crippen molar-refractivity contribution in [2.45, 2.75) is 146 Å². The summed E-state index contributed by atoms with van der Waals surface area (Å²) in [7, 11) is 5.65. The fourth-order valence-corrected chi connectivity index (χ4v) is 15.5. The molecule has 4 aliphatic rings. The minimum absolute atomic E-state index is 0.0150. The van der Waals surface area contributed by atoms with Gasteiger partial charge in [-0.05, 0) is 42.8 Å². The van der Waals surface area contributed by atoms with Crippen LogP contribution in [0.25, 0.3) is 11.2 Å². The molecule has 2 saturated carbocycles. The molecule has 3 heterocycles. The number of H-pyrrole nitrogens is 1. The van der Waals surface area contributed by atoms with Crippen molar-refractivity contribution in [1.82, 2.24) is 35.8 Å². The van der Waals surface area contributed by atoms with E-state index in [1.807, 2.05) is 0 Å². The van der Waals surface area contributed by atoms with E-state index >= 15 is 4.79 Å². The van der Waals surface area contributed by atoms with E-state index in [2.05, 4.69) is 48.5 Å². The van der Waals surface area contributed by atoms with Gasteiger partial charge in [-0.3, -0.25) is 29.0 Å². The normalized spacial score (nSPS) is 24.7. The van der Waals surface area contributed by atoms with Crippen LogP contribution in [0.15, 0.2) is 107 Å². The maximum absolute atomic E-state index is 16.4. The number of esters is 5. The SMILES string of the molecule is B=BN[C@@H](c1ccccc1)[C@@H](O)C(=O)O[C@H]1C[C@@]2(O)[C@@H](OC(=O)c3ccccc3)C3[C@](C)(C(=O)[C@H](OC(C)=O)C(=C1C)C2(C)C)[C@@H](OC(=O)CCSSCC(NC(=O)CCC(NC(=O)c1ccc(NCc2cnc4nc(N)[nH]c(=O)c4n2)cc1)C(=O)O)C(=O)O)C[C@H]1OC[C@@]31OC(C)=O. The Bertz CT molecular complexity index is 4060. The molecule has 34 heteroatoms. The molecule has 522 valence electrons. The summed E-state index contributed by atoms with van der Waals surface area (Å²) in [6.07, 6.45) is -11.1. The predicted molar refractivity (Wildman–Crippen MR) is 357 cm³/mol. The average Bonchev–Trinajstić information content (AvgIpc) is 0.668. The van der Waals surface area contributed by atoms with Crippen molar-refractivity contribution in [2.75, 3.05) is 29.2 Å². The second kappa shape index (κ2) is 30.8. The molecule has 3 fully saturated rings. The van der Waals surface area contributed by atoms with Crippen molar-refractivity contribution in [3.8, 4) is 0 Å². The fraction of sp³-hybridized carbons (Fsp3) is 0.446. The molecule has 2 bridgehead atoms. The van der Waals surface area contributed by atoms with Crippen molar-refractivity contribution in [3.05, 3.63) is 135 Å². The minimum Gasteiger partial charge on any atom is -0.253 e. The monoisotopic (exact) mass is 1400 g/mol. The molecular weight excluding hydrogens is 1330 g/mol. The number of ketones is 1. The van der Waals surface area contributed by atoms with Gasteiger partial charge in [0.15, 0.2) is 11.2 Å². The van der Waals surface area contributed by atoms with Gasteiger partial charge in [0.2, 0.25) is 11.9 Å². The molecule has 1 aliphatic heterocycles. The number of nitrogens with one attached hydrogen (secondary N) is 5. The third-order valence-electron chi connectivity index (χ3n) is 18.4. The van der Waals surface area contributed by atoms with Crippen LogP contribution in [0.5, 0.6) is 0 Å². The van der Waals surface area contributed by atoms with Crippen molar-refractivity contribution in [3.63, 3.8) is 0 Å². The van der Waals surface area contributed by atoms with E-state index in [1.165, 1.54) is 77.2 Å². The summed E-state index contributed by atoms with van der Waals surface area (Å²) in [6, 6.07) is 17.8. The van der Waals surface area contributed by atoms with Crippen LogP contribution in [0.1, 0.15) is 112 Å². The van der Waals surface area contributed by atoms with Crippen LogP contribution >= 0.6 is 21.6 Å². The van der Waals surface area contributed by atoms with Gasteiger partial charge in [0.1, 0.15) is 12.1 Å². The molecule has 11 N–H and O–H groups in total. The molecule has 30 nitrogen and oxygen atoms in total. The summed E-state index contributed by atoms with van der Waals surface area (Å²) in [5.41, 5.74) is -2.01. The molecule has 2 aromatic heterocycles. The zero-order chi connectivity index (χ0) is 71.9. The first kappa shape index (κ1) is 73.9. The first-order chi connectivity index (χ1) is 46.9. The first-order valence-corrected chi connectivity index (χ1v) is 33.8. The maximum atomic E-state index is 16.4. The van der Waals surface area contributed by atoms with E-state index in [-0.39, 0.29) is 63.9 Å². The number of carboxylic acid groups (broad SMARTS) is 2. The number of ether oxygens (including phenoxy) is 6. The Morgan fingerprint density at radius 3 is 2.14 bits per heavy atom. The number of aliphatic hydroxyl groups is 2. The van der Waals surface area contributed by atoms with Gasteiger partial charge in [-0.25, -0.2) is 19.6 Å².